The first kappa shape index (κ1) is 13.2. The van der Waals surface area contributed by atoms with Crippen LogP contribution in [-0.4, -0.2) is 28.7 Å². The summed E-state index contributed by atoms with van der Waals surface area (Å²) in [4.78, 5) is 4.12. The molecule has 0 aromatic carbocycles. The van der Waals surface area contributed by atoms with Gasteiger partial charge in [-0.25, -0.2) is 0 Å². The molecule has 4 heteroatoms. The van der Waals surface area contributed by atoms with Crippen LogP contribution >= 0.6 is 11.3 Å². The van der Waals surface area contributed by atoms with Gasteiger partial charge in [-0.15, -0.1) is 11.3 Å². The van der Waals surface area contributed by atoms with Gasteiger partial charge in [-0.3, -0.25) is 4.90 Å². The summed E-state index contributed by atoms with van der Waals surface area (Å²) >= 11 is 1.52. The van der Waals surface area contributed by atoms with E-state index < -0.39 is 0 Å². The highest BCUT2D eigenvalue weighted by atomic mass is 32.1. The van der Waals surface area contributed by atoms with Crippen LogP contribution in [0.25, 0.3) is 0 Å². The van der Waals surface area contributed by atoms with E-state index in [4.69, 9.17) is 5.26 Å². The summed E-state index contributed by atoms with van der Waals surface area (Å²) in [7, 11) is 0. The SMILES string of the molecule is CC(O)CN(Cc1ccc(C#N)s1)C(C)C. The molecular weight excluding hydrogens is 220 g/mol. The number of hydrogen-bond acceptors (Lipinski definition) is 4. The van der Waals surface area contributed by atoms with Gasteiger partial charge in [0.05, 0.1) is 6.10 Å². The van der Waals surface area contributed by atoms with Crippen LogP contribution in [-0.2, 0) is 6.54 Å². The second-order valence-electron chi connectivity index (χ2n) is 4.25. The lowest BCUT2D eigenvalue weighted by Crippen LogP contribution is -2.35. The minimum Gasteiger partial charge on any atom is -0.392 e. The van der Waals surface area contributed by atoms with Crippen LogP contribution in [0.5, 0.6) is 0 Å². The van der Waals surface area contributed by atoms with Crippen molar-refractivity contribution in [2.24, 2.45) is 0 Å². The van der Waals surface area contributed by atoms with Crippen LogP contribution in [0.15, 0.2) is 12.1 Å². The molecule has 0 amide bonds. The van der Waals surface area contributed by atoms with Gasteiger partial charge in [-0.1, -0.05) is 0 Å². The Morgan fingerprint density at radius 2 is 2.12 bits per heavy atom. The number of hydrogen-bond donors (Lipinski definition) is 1. The standard InChI is InChI=1S/C12H18N2OS/c1-9(2)14(7-10(3)15)8-12-5-4-11(6-13)16-12/h4-5,9-10,15H,7-8H2,1-3H3. The maximum absolute atomic E-state index is 9.41. The summed E-state index contributed by atoms with van der Waals surface area (Å²) in [5.74, 6) is 0. The molecule has 0 aliphatic rings. The maximum Gasteiger partial charge on any atom is 0.110 e. The molecule has 1 N–H and O–H groups in total. The molecule has 0 aliphatic heterocycles. The summed E-state index contributed by atoms with van der Waals surface area (Å²) in [6.07, 6.45) is -0.321. The monoisotopic (exact) mass is 238 g/mol. The smallest absolute Gasteiger partial charge is 0.110 e. The fourth-order valence-corrected chi connectivity index (χ4v) is 2.35. The Bertz CT molecular complexity index is 365. The lowest BCUT2D eigenvalue weighted by atomic mass is 10.2. The van der Waals surface area contributed by atoms with Gasteiger partial charge in [-0.2, -0.15) is 5.26 Å². The zero-order valence-electron chi connectivity index (χ0n) is 9.97. The molecule has 0 aliphatic carbocycles. The first-order chi connectivity index (χ1) is 7.52. The molecule has 0 spiro atoms. The lowest BCUT2D eigenvalue weighted by Gasteiger charge is -2.27. The Hall–Kier alpha value is -0.890. The van der Waals surface area contributed by atoms with Crippen molar-refractivity contribution in [1.82, 2.24) is 4.90 Å². The van der Waals surface area contributed by atoms with Crippen LogP contribution in [0.3, 0.4) is 0 Å². The number of thiophene rings is 1. The number of nitriles is 1. The molecular formula is C12H18N2OS. The van der Waals surface area contributed by atoms with Crippen molar-refractivity contribution < 1.29 is 5.11 Å². The van der Waals surface area contributed by atoms with Crippen LogP contribution in [0.2, 0.25) is 0 Å². The van der Waals surface area contributed by atoms with Gasteiger partial charge in [0.15, 0.2) is 0 Å². The molecule has 1 aromatic rings. The highest BCUT2D eigenvalue weighted by Crippen LogP contribution is 2.18. The normalized spacial score (nSPS) is 13.1. The third kappa shape index (κ3) is 3.93. The Labute approximate surface area is 101 Å². The highest BCUT2D eigenvalue weighted by Gasteiger charge is 2.13. The van der Waals surface area contributed by atoms with E-state index in [9.17, 15) is 5.11 Å². The van der Waals surface area contributed by atoms with Gasteiger partial charge in [0.2, 0.25) is 0 Å². The molecule has 0 fully saturated rings. The predicted octanol–water partition coefficient (Wildman–Crippen LogP) is 2.21. The molecule has 0 bridgehead atoms. The molecule has 1 aromatic heterocycles. The fourth-order valence-electron chi connectivity index (χ4n) is 1.52. The Kier molecular flexibility index (Phi) is 4.94. The van der Waals surface area contributed by atoms with E-state index in [2.05, 4.69) is 24.8 Å². The zero-order chi connectivity index (χ0) is 12.1. The fraction of sp³-hybridized carbons (Fsp3) is 0.583. The zero-order valence-corrected chi connectivity index (χ0v) is 10.8. The van der Waals surface area contributed by atoms with E-state index in [0.717, 1.165) is 11.4 Å². The van der Waals surface area contributed by atoms with Gasteiger partial charge in [-0.05, 0) is 32.9 Å². The van der Waals surface area contributed by atoms with Crippen LogP contribution in [0.1, 0.15) is 30.5 Å². The summed E-state index contributed by atoms with van der Waals surface area (Å²) < 4.78 is 0. The van der Waals surface area contributed by atoms with E-state index in [-0.39, 0.29) is 6.10 Å². The molecule has 3 nitrogen and oxygen atoms in total. The molecule has 0 radical (unpaired) electrons. The molecule has 1 atom stereocenters. The van der Waals surface area contributed by atoms with Crippen molar-refractivity contribution >= 4 is 11.3 Å². The van der Waals surface area contributed by atoms with Gasteiger partial charge in [0.1, 0.15) is 10.9 Å². The summed E-state index contributed by atoms with van der Waals surface area (Å²) in [5.41, 5.74) is 0. The summed E-state index contributed by atoms with van der Waals surface area (Å²) in [6.45, 7) is 7.49. The summed E-state index contributed by atoms with van der Waals surface area (Å²) in [6, 6.07) is 6.37. The predicted molar refractivity (Wildman–Crippen MR) is 66.3 cm³/mol. The molecule has 1 heterocycles. The average molecular weight is 238 g/mol. The average Bonchev–Trinajstić information content (AvgIpc) is 2.63. The second kappa shape index (κ2) is 6.00. The molecule has 88 valence electrons. The lowest BCUT2D eigenvalue weighted by molar-refractivity contribution is 0.103. The van der Waals surface area contributed by atoms with Crippen molar-refractivity contribution in [1.29, 1.82) is 5.26 Å². The topological polar surface area (TPSA) is 47.3 Å². The quantitative estimate of drug-likeness (QED) is 0.855. The molecule has 1 unspecified atom stereocenters. The number of aliphatic hydroxyl groups is 1. The Balaban J connectivity index is 2.64. The Morgan fingerprint density at radius 1 is 1.44 bits per heavy atom. The van der Waals surface area contributed by atoms with Crippen molar-refractivity contribution in [2.45, 2.75) is 39.5 Å². The van der Waals surface area contributed by atoms with E-state index in [0.29, 0.717) is 12.6 Å². The van der Waals surface area contributed by atoms with Gasteiger partial charge < -0.3 is 5.11 Å². The van der Waals surface area contributed by atoms with E-state index in [1.165, 1.54) is 16.2 Å². The first-order valence-electron chi connectivity index (χ1n) is 5.44. The van der Waals surface area contributed by atoms with Crippen LogP contribution < -0.4 is 0 Å². The van der Waals surface area contributed by atoms with E-state index in [1.807, 2.05) is 12.1 Å². The molecule has 0 saturated carbocycles. The Morgan fingerprint density at radius 3 is 2.56 bits per heavy atom. The molecule has 1 rings (SSSR count). The van der Waals surface area contributed by atoms with Gasteiger partial charge in [0, 0.05) is 24.0 Å². The first-order valence-corrected chi connectivity index (χ1v) is 6.25. The van der Waals surface area contributed by atoms with E-state index in [1.54, 1.807) is 6.92 Å². The minimum absolute atomic E-state index is 0.321. The largest absolute Gasteiger partial charge is 0.392 e. The van der Waals surface area contributed by atoms with Crippen molar-refractivity contribution in [2.75, 3.05) is 6.54 Å². The van der Waals surface area contributed by atoms with E-state index >= 15 is 0 Å². The second-order valence-corrected chi connectivity index (χ2v) is 5.42. The van der Waals surface area contributed by atoms with Gasteiger partial charge in [0.25, 0.3) is 0 Å². The third-order valence-corrected chi connectivity index (χ3v) is 3.33. The highest BCUT2D eigenvalue weighted by molar-refractivity contribution is 7.12. The van der Waals surface area contributed by atoms with Crippen LogP contribution in [0, 0.1) is 11.3 Å². The third-order valence-electron chi connectivity index (χ3n) is 2.36. The van der Waals surface area contributed by atoms with Crippen molar-refractivity contribution in [3.8, 4) is 6.07 Å². The number of aliphatic hydroxyl groups excluding tert-OH is 1. The molecule has 16 heavy (non-hydrogen) atoms. The minimum atomic E-state index is -0.321. The van der Waals surface area contributed by atoms with Crippen LogP contribution in [0.4, 0.5) is 0 Å². The number of nitrogens with zero attached hydrogens (tertiary/aromatic N) is 2. The maximum atomic E-state index is 9.41. The van der Waals surface area contributed by atoms with Gasteiger partial charge >= 0.3 is 0 Å². The van der Waals surface area contributed by atoms with Crippen molar-refractivity contribution in [3.05, 3.63) is 21.9 Å². The molecule has 0 saturated heterocycles. The van der Waals surface area contributed by atoms with Crippen molar-refractivity contribution in [3.63, 3.8) is 0 Å². The summed E-state index contributed by atoms with van der Waals surface area (Å²) in [5, 5.41) is 18.2. The number of rotatable bonds is 5.